The van der Waals surface area contributed by atoms with E-state index >= 15 is 0 Å². The standard InChI is InChI=1S/C30H31ClN6S/c1-20-16-21(2)19-35(18-20)26-9-8-23(17-24(26)31)37-29(28(34-30(37)38)25-6-3-4-12-33-25)27-7-5-15-36(27)22-10-13-32-14-11-22/h3-15,17,20-21,28-29H,16,18-19H2,1-2H3,(H,34,38)/t20-,21-,28-,29-/m0/s1. The maximum atomic E-state index is 6.98. The van der Waals surface area contributed by atoms with Crippen LogP contribution in [0.2, 0.25) is 5.02 Å². The lowest BCUT2D eigenvalue weighted by atomic mass is 9.91. The van der Waals surface area contributed by atoms with Crippen molar-refractivity contribution in [2.75, 3.05) is 22.9 Å². The molecule has 8 heteroatoms. The number of nitrogens with zero attached hydrogens (tertiary/aromatic N) is 5. The Balaban J connectivity index is 1.42. The zero-order valence-electron chi connectivity index (χ0n) is 21.5. The zero-order chi connectivity index (χ0) is 26.2. The van der Waals surface area contributed by atoms with Crippen LogP contribution in [0.1, 0.15) is 43.7 Å². The highest BCUT2D eigenvalue weighted by Crippen LogP contribution is 2.44. The smallest absolute Gasteiger partial charge is 0.174 e. The van der Waals surface area contributed by atoms with E-state index in [0.717, 1.165) is 46.6 Å². The summed E-state index contributed by atoms with van der Waals surface area (Å²) in [5, 5.41) is 4.96. The van der Waals surface area contributed by atoms with Gasteiger partial charge in [-0.15, -0.1) is 0 Å². The highest BCUT2D eigenvalue weighted by molar-refractivity contribution is 7.80. The van der Waals surface area contributed by atoms with Gasteiger partial charge in [-0.25, -0.2) is 0 Å². The lowest BCUT2D eigenvalue weighted by Crippen LogP contribution is -2.38. The van der Waals surface area contributed by atoms with Gasteiger partial charge in [-0.1, -0.05) is 31.5 Å². The van der Waals surface area contributed by atoms with Crippen LogP contribution in [0.5, 0.6) is 0 Å². The minimum Gasteiger partial charge on any atom is -0.370 e. The van der Waals surface area contributed by atoms with E-state index in [0.29, 0.717) is 16.9 Å². The van der Waals surface area contributed by atoms with Gasteiger partial charge in [-0.2, -0.15) is 0 Å². The molecule has 0 radical (unpaired) electrons. The first-order valence-corrected chi connectivity index (χ1v) is 13.9. The Morgan fingerprint density at radius 1 is 0.921 bits per heavy atom. The van der Waals surface area contributed by atoms with Crippen LogP contribution in [0.15, 0.2) is 85.5 Å². The summed E-state index contributed by atoms with van der Waals surface area (Å²) in [6, 6.07) is 20.3. The molecule has 3 aromatic heterocycles. The number of rotatable bonds is 5. The van der Waals surface area contributed by atoms with Gasteiger partial charge in [-0.3, -0.25) is 9.97 Å². The molecule has 1 aromatic carbocycles. The fourth-order valence-electron chi connectivity index (χ4n) is 6.07. The van der Waals surface area contributed by atoms with Crippen LogP contribution < -0.4 is 15.1 Å². The molecule has 0 aliphatic carbocycles. The van der Waals surface area contributed by atoms with Crippen molar-refractivity contribution in [3.63, 3.8) is 0 Å². The molecule has 0 spiro atoms. The summed E-state index contributed by atoms with van der Waals surface area (Å²) in [4.78, 5) is 13.5. The average molecular weight is 543 g/mol. The van der Waals surface area contributed by atoms with Gasteiger partial charge in [0.2, 0.25) is 0 Å². The molecule has 0 bridgehead atoms. The SMILES string of the molecule is C[C@H]1C[C@H](C)CN(c2ccc(N3C(=S)N[C@@H](c4ccccn4)[C@@H]3c3cccn3-c3ccncc3)cc2Cl)C1. The Morgan fingerprint density at radius 2 is 1.71 bits per heavy atom. The number of anilines is 2. The molecule has 194 valence electrons. The van der Waals surface area contributed by atoms with Crippen molar-refractivity contribution in [3.05, 3.63) is 102 Å². The monoisotopic (exact) mass is 542 g/mol. The number of benzene rings is 1. The Bertz CT molecular complexity index is 1420. The van der Waals surface area contributed by atoms with Gasteiger partial charge >= 0.3 is 0 Å². The van der Waals surface area contributed by atoms with Crippen LogP contribution in [0.4, 0.5) is 11.4 Å². The third kappa shape index (κ3) is 4.65. The van der Waals surface area contributed by atoms with Crippen molar-refractivity contribution in [2.45, 2.75) is 32.4 Å². The summed E-state index contributed by atoms with van der Waals surface area (Å²) < 4.78 is 2.19. The van der Waals surface area contributed by atoms with E-state index in [-0.39, 0.29) is 12.1 Å². The van der Waals surface area contributed by atoms with E-state index in [1.54, 1.807) is 0 Å². The van der Waals surface area contributed by atoms with Crippen LogP contribution in [-0.2, 0) is 0 Å². The molecule has 6 nitrogen and oxygen atoms in total. The number of hydrogen-bond acceptors (Lipinski definition) is 4. The summed E-state index contributed by atoms with van der Waals surface area (Å²) in [5.41, 5.74) is 5.12. The van der Waals surface area contributed by atoms with E-state index < -0.39 is 0 Å². The van der Waals surface area contributed by atoms with Crippen molar-refractivity contribution in [3.8, 4) is 5.69 Å². The highest BCUT2D eigenvalue weighted by Gasteiger charge is 2.42. The maximum absolute atomic E-state index is 6.98. The Kier molecular flexibility index (Phi) is 6.80. The predicted octanol–water partition coefficient (Wildman–Crippen LogP) is 6.58. The van der Waals surface area contributed by atoms with Crippen molar-refractivity contribution in [1.29, 1.82) is 0 Å². The van der Waals surface area contributed by atoms with Gasteiger partial charge < -0.3 is 19.7 Å². The molecule has 2 fully saturated rings. The Labute approximate surface area is 234 Å². The Hall–Kier alpha value is -3.42. The number of thiocarbonyl (C=S) groups is 1. The van der Waals surface area contributed by atoms with Gasteiger partial charge in [0, 0.05) is 54.9 Å². The fourth-order valence-corrected chi connectivity index (χ4v) is 6.71. The van der Waals surface area contributed by atoms with Gasteiger partial charge in [0.1, 0.15) is 6.04 Å². The second-order valence-corrected chi connectivity index (χ2v) is 11.3. The number of piperidine rings is 1. The zero-order valence-corrected chi connectivity index (χ0v) is 23.1. The maximum Gasteiger partial charge on any atom is 0.174 e. The van der Waals surface area contributed by atoms with Crippen molar-refractivity contribution >= 4 is 40.3 Å². The minimum absolute atomic E-state index is 0.138. The number of pyridine rings is 2. The molecule has 1 N–H and O–H groups in total. The van der Waals surface area contributed by atoms with E-state index in [4.69, 9.17) is 28.8 Å². The molecule has 2 aliphatic rings. The quantitative estimate of drug-likeness (QED) is 0.287. The normalized spacial score (nSPS) is 23.5. The molecule has 4 atom stereocenters. The molecule has 2 aliphatic heterocycles. The first-order chi connectivity index (χ1) is 18.5. The number of hydrogen-bond donors (Lipinski definition) is 1. The second kappa shape index (κ2) is 10.4. The molecule has 38 heavy (non-hydrogen) atoms. The van der Waals surface area contributed by atoms with Crippen molar-refractivity contribution in [1.82, 2.24) is 19.9 Å². The molecule has 0 saturated carbocycles. The largest absolute Gasteiger partial charge is 0.370 e. The average Bonchev–Trinajstić information content (AvgIpc) is 3.53. The number of nitrogens with one attached hydrogen (secondary N) is 1. The Morgan fingerprint density at radius 3 is 2.42 bits per heavy atom. The van der Waals surface area contributed by atoms with E-state index in [1.165, 1.54) is 6.42 Å². The first-order valence-electron chi connectivity index (χ1n) is 13.1. The van der Waals surface area contributed by atoms with Crippen LogP contribution in [0.25, 0.3) is 5.69 Å². The number of aromatic nitrogens is 3. The van der Waals surface area contributed by atoms with Crippen LogP contribution in [0.3, 0.4) is 0 Å². The van der Waals surface area contributed by atoms with Gasteiger partial charge in [0.15, 0.2) is 5.11 Å². The van der Waals surface area contributed by atoms with Crippen LogP contribution >= 0.6 is 23.8 Å². The highest BCUT2D eigenvalue weighted by atomic mass is 35.5. The third-order valence-corrected chi connectivity index (χ3v) is 8.16. The summed E-state index contributed by atoms with van der Waals surface area (Å²) in [6.07, 6.45) is 8.78. The summed E-state index contributed by atoms with van der Waals surface area (Å²) in [5.74, 6) is 1.30. The predicted molar refractivity (Wildman–Crippen MR) is 158 cm³/mol. The van der Waals surface area contributed by atoms with Crippen molar-refractivity contribution < 1.29 is 0 Å². The molecule has 2 saturated heterocycles. The topological polar surface area (TPSA) is 49.2 Å². The van der Waals surface area contributed by atoms with Gasteiger partial charge in [-0.05, 0) is 85.1 Å². The molecular formula is C30H31ClN6S. The molecule has 4 aromatic rings. The molecule has 6 rings (SSSR count). The van der Waals surface area contributed by atoms with Crippen molar-refractivity contribution in [2.24, 2.45) is 11.8 Å². The molecule has 0 unspecified atom stereocenters. The van der Waals surface area contributed by atoms with Gasteiger partial charge in [0.05, 0.1) is 22.4 Å². The van der Waals surface area contributed by atoms with Crippen LogP contribution in [0, 0.1) is 11.8 Å². The lowest BCUT2D eigenvalue weighted by molar-refractivity contribution is 0.357. The lowest BCUT2D eigenvalue weighted by Gasteiger charge is -2.37. The van der Waals surface area contributed by atoms with Gasteiger partial charge in [0.25, 0.3) is 0 Å². The van der Waals surface area contributed by atoms with E-state index in [2.05, 4.69) is 75.0 Å². The summed E-state index contributed by atoms with van der Waals surface area (Å²) >= 11 is 12.9. The molecule has 5 heterocycles. The fraction of sp³-hybridized carbons (Fsp3) is 0.300. The molecular weight excluding hydrogens is 512 g/mol. The molecule has 0 amide bonds. The third-order valence-electron chi connectivity index (χ3n) is 7.54. The minimum atomic E-state index is -0.141. The summed E-state index contributed by atoms with van der Waals surface area (Å²) in [6.45, 7) is 6.69. The van der Waals surface area contributed by atoms with E-state index in [1.807, 2.05) is 48.9 Å². The van der Waals surface area contributed by atoms with Crippen LogP contribution in [-0.4, -0.2) is 32.7 Å². The number of halogens is 1. The summed E-state index contributed by atoms with van der Waals surface area (Å²) in [7, 11) is 0. The van der Waals surface area contributed by atoms with E-state index in [9.17, 15) is 0 Å². The second-order valence-electron chi connectivity index (χ2n) is 10.5. The first kappa shape index (κ1) is 24.9.